The van der Waals surface area contributed by atoms with Gasteiger partial charge in [-0.1, -0.05) is 49.6 Å². The van der Waals surface area contributed by atoms with Gasteiger partial charge in [-0.2, -0.15) is 10.5 Å². The highest BCUT2D eigenvalue weighted by atomic mass is 16.1. The van der Waals surface area contributed by atoms with E-state index >= 15 is 0 Å². The topological polar surface area (TPSA) is 64.7 Å². The molecule has 0 N–H and O–H groups in total. The first-order valence-corrected chi connectivity index (χ1v) is 7.16. The Morgan fingerprint density at radius 3 is 2.20 bits per heavy atom. The predicted molar refractivity (Wildman–Crippen MR) is 75.5 cm³/mol. The van der Waals surface area contributed by atoms with E-state index in [1.165, 1.54) is 6.42 Å². The largest absolute Gasteiger partial charge is 0.299 e. The van der Waals surface area contributed by atoms with Crippen LogP contribution in [0.1, 0.15) is 43.6 Å². The standard InChI is InChI=1S/C17H18N2O/c18-11-15(12-19)16(13-7-3-1-4-8-13)17(20)14-9-5-2-6-10-14/h1,3-4,7-8,14-16H,2,5-6,9-10H2. The summed E-state index contributed by atoms with van der Waals surface area (Å²) in [5.74, 6) is -1.41. The van der Waals surface area contributed by atoms with Gasteiger partial charge < -0.3 is 0 Å². The average molecular weight is 266 g/mol. The van der Waals surface area contributed by atoms with Crippen LogP contribution in [0.3, 0.4) is 0 Å². The van der Waals surface area contributed by atoms with Gasteiger partial charge in [-0.3, -0.25) is 4.79 Å². The first-order valence-electron chi connectivity index (χ1n) is 7.16. The van der Waals surface area contributed by atoms with Crippen molar-refractivity contribution in [1.29, 1.82) is 10.5 Å². The summed E-state index contributed by atoms with van der Waals surface area (Å²) in [6.45, 7) is 0. The molecule has 1 unspecified atom stereocenters. The van der Waals surface area contributed by atoms with Crippen LogP contribution in [-0.2, 0) is 4.79 Å². The average Bonchev–Trinajstić information content (AvgIpc) is 2.53. The maximum Gasteiger partial charge on any atom is 0.147 e. The number of carbonyl (C=O) groups is 1. The zero-order valence-electron chi connectivity index (χ0n) is 11.5. The smallest absolute Gasteiger partial charge is 0.147 e. The lowest BCUT2D eigenvalue weighted by Gasteiger charge is -2.26. The molecule has 3 heteroatoms. The number of benzene rings is 1. The van der Waals surface area contributed by atoms with Gasteiger partial charge in [0, 0.05) is 5.92 Å². The van der Waals surface area contributed by atoms with Crippen molar-refractivity contribution in [3.63, 3.8) is 0 Å². The van der Waals surface area contributed by atoms with Gasteiger partial charge in [0.2, 0.25) is 0 Å². The molecule has 1 aliphatic rings. The molecule has 0 aromatic heterocycles. The number of nitrogens with zero attached hydrogens (tertiary/aromatic N) is 2. The molecule has 0 heterocycles. The Hall–Kier alpha value is -2.13. The highest BCUT2D eigenvalue weighted by Crippen LogP contribution is 2.34. The summed E-state index contributed by atoms with van der Waals surface area (Å²) in [5.41, 5.74) is 0.788. The molecule has 1 aromatic rings. The van der Waals surface area contributed by atoms with Gasteiger partial charge in [0.25, 0.3) is 0 Å². The van der Waals surface area contributed by atoms with Crippen molar-refractivity contribution in [2.45, 2.75) is 38.0 Å². The minimum absolute atomic E-state index is 0.0122. The molecule has 0 radical (unpaired) electrons. The minimum atomic E-state index is -0.896. The van der Waals surface area contributed by atoms with Crippen molar-refractivity contribution >= 4 is 5.78 Å². The summed E-state index contributed by atoms with van der Waals surface area (Å²) < 4.78 is 0. The van der Waals surface area contributed by atoms with Gasteiger partial charge in [-0.15, -0.1) is 0 Å². The first-order chi connectivity index (χ1) is 9.77. The zero-order chi connectivity index (χ0) is 14.4. The molecule has 1 saturated carbocycles. The van der Waals surface area contributed by atoms with Crippen LogP contribution in [0.4, 0.5) is 0 Å². The molecule has 1 fully saturated rings. The van der Waals surface area contributed by atoms with E-state index < -0.39 is 11.8 Å². The van der Waals surface area contributed by atoms with Gasteiger partial charge in [-0.05, 0) is 18.4 Å². The normalized spacial score (nSPS) is 17.1. The van der Waals surface area contributed by atoms with Crippen molar-refractivity contribution < 1.29 is 4.79 Å². The maximum absolute atomic E-state index is 12.8. The van der Waals surface area contributed by atoms with Gasteiger partial charge in [0.05, 0.1) is 18.1 Å². The van der Waals surface area contributed by atoms with Crippen LogP contribution in [-0.4, -0.2) is 5.78 Å². The molecule has 1 aromatic carbocycles. The van der Waals surface area contributed by atoms with Gasteiger partial charge in [-0.25, -0.2) is 0 Å². The van der Waals surface area contributed by atoms with Crippen LogP contribution in [0.15, 0.2) is 30.3 Å². The fraction of sp³-hybridized carbons (Fsp3) is 0.471. The molecule has 1 aliphatic carbocycles. The summed E-state index contributed by atoms with van der Waals surface area (Å²) in [4.78, 5) is 12.8. The van der Waals surface area contributed by atoms with Crippen LogP contribution in [0, 0.1) is 34.5 Å². The third kappa shape index (κ3) is 3.06. The molecule has 0 aliphatic heterocycles. The lowest BCUT2D eigenvalue weighted by Crippen LogP contribution is -2.28. The van der Waals surface area contributed by atoms with Crippen molar-refractivity contribution in [3.05, 3.63) is 35.9 Å². The molecule has 3 nitrogen and oxygen atoms in total. The second-order valence-corrected chi connectivity index (χ2v) is 5.36. The Labute approximate surface area is 119 Å². The number of carbonyl (C=O) groups excluding carboxylic acids is 1. The summed E-state index contributed by atoms with van der Waals surface area (Å²) in [7, 11) is 0. The fourth-order valence-corrected chi connectivity index (χ4v) is 3.00. The van der Waals surface area contributed by atoms with Crippen LogP contribution >= 0.6 is 0 Å². The molecular weight excluding hydrogens is 248 g/mol. The molecule has 0 amide bonds. The van der Waals surface area contributed by atoms with Crippen LogP contribution in [0.25, 0.3) is 0 Å². The summed E-state index contributed by atoms with van der Waals surface area (Å²) in [6, 6.07) is 13.2. The van der Waals surface area contributed by atoms with E-state index in [0.29, 0.717) is 0 Å². The molecule has 20 heavy (non-hydrogen) atoms. The van der Waals surface area contributed by atoms with Crippen LogP contribution in [0.2, 0.25) is 0 Å². The van der Waals surface area contributed by atoms with Crippen molar-refractivity contribution in [3.8, 4) is 12.1 Å². The van der Waals surface area contributed by atoms with E-state index in [0.717, 1.165) is 31.2 Å². The number of rotatable bonds is 4. The lowest BCUT2D eigenvalue weighted by molar-refractivity contribution is -0.125. The van der Waals surface area contributed by atoms with E-state index in [4.69, 9.17) is 0 Å². The van der Waals surface area contributed by atoms with Crippen molar-refractivity contribution in [2.75, 3.05) is 0 Å². The zero-order valence-corrected chi connectivity index (χ0v) is 11.5. The SMILES string of the molecule is N#CC(C#N)C(C(=O)C1CCCCC1)c1ccccc1. The van der Waals surface area contributed by atoms with E-state index in [9.17, 15) is 15.3 Å². The van der Waals surface area contributed by atoms with Crippen molar-refractivity contribution in [2.24, 2.45) is 11.8 Å². The molecule has 0 spiro atoms. The highest BCUT2D eigenvalue weighted by Gasteiger charge is 2.34. The summed E-state index contributed by atoms with van der Waals surface area (Å²) in [6.07, 6.45) is 5.11. The quantitative estimate of drug-likeness (QED) is 0.836. The first kappa shape index (κ1) is 14.3. The van der Waals surface area contributed by atoms with Crippen LogP contribution < -0.4 is 0 Å². The monoisotopic (exact) mass is 266 g/mol. The number of nitriles is 2. The Morgan fingerprint density at radius 2 is 1.65 bits per heavy atom. The molecule has 2 rings (SSSR count). The minimum Gasteiger partial charge on any atom is -0.299 e. The van der Waals surface area contributed by atoms with Gasteiger partial charge in [0.1, 0.15) is 11.7 Å². The predicted octanol–water partition coefficient (Wildman–Crippen LogP) is 3.58. The molecule has 0 saturated heterocycles. The van der Waals surface area contributed by atoms with Gasteiger partial charge in [0.15, 0.2) is 0 Å². The number of hydrogen-bond donors (Lipinski definition) is 0. The number of Topliss-reactive ketones (excluding diaryl/α,β-unsaturated/α-hetero) is 1. The molecular formula is C17H18N2O. The van der Waals surface area contributed by atoms with E-state index in [1.54, 1.807) is 0 Å². The maximum atomic E-state index is 12.8. The van der Waals surface area contributed by atoms with Crippen LogP contribution in [0.5, 0.6) is 0 Å². The third-order valence-electron chi connectivity index (χ3n) is 4.08. The molecule has 1 atom stereocenters. The number of ketones is 1. The second kappa shape index (κ2) is 6.87. The fourth-order valence-electron chi connectivity index (χ4n) is 3.00. The van der Waals surface area contributed by atoms with E-state index in [2.05, 4.69) is 0 Å². The van der Waals surface area contributed by atoms with Crippen molar-refractivity contribution in [1.82, 2.24) is 0 Å². The number of hydrogen-bond acceptors (Lipinski definition) is 3. The second-order valence-electron chi connectivity index (χ2n) is 5.36. The summed E-state index contributed by atoms with van der Waals surface area (Å²) in [5, 5.41) is 18.4. The Bertz CT molecular complexity index is 518. The van der Waals surface area contributed by atoms with E-state index in [1.807, 2.05) is 42.5 Å². The summed E-state index contributed by atoms with van der Waals surface area (Å²) >= 11 is 0. The lowest BCUT2D eigenvalue weighted by atomic mass is 9.75. The third-order valence-corrected chi connectivity index (χ3v) is 4.08. The molecule has 102 valence electrons. The Kier molecular flexibility index (Phi) is 4.91. The Morgan fingerprint density at radius 1 is 1.05 bits per heavy atom. The van der Waals surface area contributed by atoms with E-state index in [-0.39, 0.29) is 11.7 Å². The Balaban J connectivity index is 2.29. The molecule has 0 bridgehead atoms. The van der Waals surface area contributed by atoms with Gasteiger partial charge >= 0.3 is 0 Å². The highest BCUT2D eigenvalue weighted by molar-refractivity contribution is 5.89.